The Hall–Kier alpha value is -5.74. The molecule has 0 fully saturated rings. The Kier molecular flexibility index (Phi) is 6.62. The van der Waals surface area contributed by atoms with Crippen LogP contribution in [0.2, 0.25) is 0 Å². The molecule has 0 atom stereocenters. The second-order valence-electron chi connectivity index (χ2n) is 6.10. The molecule has 0 unspecified atom stereocenters. The fourth-order valence-electron chi connectivity index (χ4n) is 3.03. The van der Waals surface area contributed by atoms with Crippen molar-refractivity contribution in [2.75, 3.05) is 0 Å². The first kappa shape index (κ1) is 24.5. The third kappa shape index (κ3) is 3.82. The van der Waals surface area contributed by atoms with Crippen molar-refractivity contribution in [1.29, 1.82) is 36.8 Å². The molecule has 7 nitrogen and oxygen atoms in total. The average molecular weight is 459 g/mol. The maximum absolute atomic E-state index is 15.4. The molecule has 0 N–H and O–H groups in total. The van der Waals surface area contributed by atoms with E-state index in [2.05, 4.69) is 0 Å². The molecular weight excluding hydrogens is 457 g/mol. The SMILES string of the molecule is N#CC(C#N)=c1c(F)c(C#N)/c(=C(/C#N)c2c(C#N)cc(C#N)cc2C(F)(F)F)c(F)c1C#N. The highest BCUT2D eigenvalue weighted by Crippen LogP contribution is 2.37. The smallest absolute Gasteiger partial charge is 0.205 e. The van der Waals surface area contributed by atoms with Gasteiger partial charge in [0, 0.05) is 5.56 Å². The lowest BCUT2D eigenvalue weighted by Gasteiger charge is -2.15. The molecule has 160 valence electrons. The van der Waals surface area contributed by atoms with Crippen LogP contribution in [-0.4, -0.2) is 0 Å². The van der Waals surface area contributed by atoms with Crippen LogP contribution in [-0.2, 0) is 6.18 Å². The van der Waals surface area contributed by atoms with Gasteiger partial charge in [-0.3, -0.25) is 0 Å². The van der Waals surface area contributed by atoms with Gasteiger partial charge in [-0.05, 0) is 12.1 Å². The van der Waals surface area contributed by atoms with Crippen molar-refractivity contribution in [3.05, 3.63) is 67.6 Å². The molecule has 2 aromatic carbocycles. The molecule has 0 bridgehead atoms. The summed E-state index contributed by atoms with van der Waals surface area (Å²) in [6, 6.07) is 9.62. The molecule has 2 aromatic rings. The van der Waals surface area contributed by atoms with Gasteiger partial charge < -0.3 is 0 Å². The Balaban J connectivity index is 3.51. The molecule has 0 amide bonds. The van der Waals surface area contributed by atoms with Gasteiger partial charge in [0.05, 0.1) is 44.8 Å². The molecule has 34 heavy (non-hydrogen) atoms. The summed E-state index contributed by atoms with van der Waals surface area (Å²) in [6.45, 7) is 0. The van der Waals surface area contributed by atoms with E-state index in [4.69, 9.17) is 15.8 Å². The molecular formula is C22H2F5N7. The Bertz CT molecular complexity index is 1670. The van der Waals surface area contributed by atoms with Crippen molar-refractivity contribution in [1.82, 2.24) is 0 Å². The summed E-state index contributed by atoms with van der Waals surface area (Å²) >= 11 is 0. The van der Waals surface area contributed by atoms with Crippen LogP contribution in [0.4, 0.5) is 22.0 Å². The van der Waals surface area contributed by atoms with Crippen LogP contribution >= 0.6 is 0 Å². The van der Waals surface area contributed by atoms with E-state index in [9.17, 15) is 34.2 Å². The third-order valence-corrected chi connectivity index (χ3v) is 4.38. The number of nitriles is 7. The van der Waals surface area contributed by atoms with E-state index in [1.807, 2.05) is 0 Å². The molecule has 12 heteroatoms. The zero-order chi connectivity index (χ0) is 25.8. The van der Waals surface area contributed by atoms with Gasteiger partial charge in [0.1, 0.15) is 47.0 Å². The first-order chi connectivity index (χ1) is 16.1. The average Bonchev–Trinajstić information content (AvgIpc) is 2.82. The Morgan fingerprint density at radius 2 is 1.21 bits per heavy atom. The predicted molar refractivity (Wildman–Crippen MR) is 98.7 cm³/mol. The van der Waals surface area contributed by atoms with Gasteiger partial charge in [0.2, 0.25) is 0 Å². The lowest BCUT2D eigenvalue weighted by Crippen LogP contribution is -2.31. The van der Waals surface area contributed by atoms with Crippen molar-refractivity contribution in [3.63, 3.8) is 0 Å². The van der Waals surface area contributed by atoms with E-state index in [0.717, 1.165) is 6.07 Å². The third-order valence-electron chi connectivity index (χ3n) is 4.38. The topological polar surface area (TPSA) is 167 Å². The summed E-state index contributed by atoms with van der Waals surface area (Å²) < 4.78 is 71.8. The number of benzene rings is 2. The Morgan fingerprint density at radius 3 is 1.62 bits per heavy atom. The Morgan fingerprint density at radius 1 is 0.676 bits per heavy atom. The summed E-state index contributed by atoms with van der Waals surface area (Å²) in [6.07, 6.45) is -5.29. The minimum Gasteiger partial charge on any atom is -0.205 e. The van der Waals surface area contributed by atoms with E-state index in [-0.39, 0.29) is 6.07 Å². The number of hydrogen-bond acceptors (Lipinski definition) is 7. The van der Waals surface area contributed by atoms with E-state index in [1.54, 1.807) is 0 Å². The van der Waals surface area contributed by atoms with E-state index < -0.39 is 72.8 Å². The molecule has 0 saturated heterocycles. The van der Waals surface area contributed by atoms with Gasteiger partial charge in [-0.15, -0.1) is 0 Å². The summed E-state index contributed by atoms with van der Waals surface area (Å²) in [5.41, 5.74) is -9.69. The van der Waals surface area contributed by atoms with Crippen molar-refractivity contribution < 1.29 is 22.0 Å². The number of halogens is 5. The minimum absolute atomic E-state index is 0.268. The fraction of sp³-hybridized carbons (Fsp3) is 0.0455. The van der Waals surface area contributed by atoms with Crippen LogP contribution in [0.5, 0.6) is 0 Å². The van der Waals surface area contributed by atoms with Crippen LogP contribution in [0, 0.1) is 91.0 Å². The number of hydrogen-bond donors (Lipinski definition) is 0. The number of alkyl halides is 3. The molecule has 0 radical (unpaired) electrons. The summed E-state index contributed by atoms with van der Waals surface area (Å²) in [7, 11) is 0. The molecule has 0 aliphatic heterocycles. The van der Waals surface area contributed by atoms with Crippen LogP contribution in [0.1, 0.15) is 33.4 Å². The van der Waals surface area contributed by atoms with Gasteiger partial charge in [-0.1, -0.05) is 0 Å². The first-order valence-electron chi connectivity index (χ1n) is 8.41. The highest BCUT2D eigenvalue weighted by atomic mass is 19.4. The molecule has 0 aromatic heterocycles. The second-order valence-corrected chi connectivity index (χ2v) is 6.10. The molecule has 2 rings (SSSR count). The van der Waals surface area contributed by atoms with Crippen LogP contribution < -0.4 is 10.4 Å². The van der Waals surface area contributed by atoms with Gasteiger partial charge in [0.15, 0.2) is 11.6 Å². The van der Waals surface area contributed by atoms with Crippen molar-refractivity contribution >= 4 is 11.1 Å². The minimum atomic E-state index is -5.29. The van der Waals surface area contributed by atoms with Gasteiger partial charge in [-0.25, -0.2) is 8.78 Å². The lowest BCUT2D eigenvalue weighted by atomic mass is 9.89. The maximum atomic E-state index is 15.4. The van der Waals surface area contributed by atoms with Gasteiger partial charge in [0.25, 0.3) is 0 Å². The Labute approximate surface area is 186 Å². The van der Waals surface area contributed by atoms with Gasteiger partial charge in [-0.2, -0.15) is 50.0 Å². The molecule has 0 saturated carbocycles. The number of nitrogens with zero attached hydrogens (tertiary/aromatic N) is 7. The monoisotopic (exact) mass is 459 g/mol. The standard InChI is InChI=1S/C22H2F5N7/c23-20-15(9-34)19(21(24)14(8-33)18(20)12(5-30)6-31)13(7-32)17-11(4-29)1-10(3-28)2-16(17)22(25,26)27/h1-2H/b19-13+. The van der Waals surface area contributed by atoms with Crippen molar-refractivity contribution in [2.45, 2.75) is 6.18 Å². The zero-order valence-electron chi connectivity index (χ0n) is 16.2. The lowest BCUT2D eigenvalue weighted by molar-refractivity contribution is -0.137. The summed E-state index contributed by atoms with van der Waals surface area (Å²) in [5, 5.41) is 62.0. The van der Waals surface area contributed by atoms with Crippen LogP contribution in [0.3, 0.4) is 0 Å². The molecule has 0 aliphatic carbocycles. The highest BCUT2D eigenvalue weighted by molar-refractivity contribution is 5.84. The van der Waals surface area contributed by atoms with Crippen LogP contribution in [0.15, 0.2) is 12.1 Å². The summed E-state index contributed by atoms with van der Waals surface area (Å²) in [4.78, 5) is 0. The highest BCUT2D eigenvalue weighted by Gasteiger charge is 2.37. The predicted octanol–water partition coefficient (Wildman–Crippen LogP) is 2.39. The van der Waals surface area contributed by atoms with Crippen LogP contribution in [0.25, 0.3) is 11.1 Å². The number of rotatable bonds is 1. The first-order valence-corrected chi connectivity index (χ1v) is 8.41. The second kappa shape index (κ2) is 9.18. The molecule has 0 spiro atoms. The normalized spacial score (nSPS) is 10.8. The quantitative estimate of drug-likeness (QED) is 0.590. The molecule has 0 aliphatic rings. The van der Waals surface area contributed by atoms with Crippen molar-refractivity contribution in [3.8, 4) is 42.5 Å². The van der Waals surface area contributed by atoms with E-state index >= 15 is 8.78 Å². The van der Waals surface area contributed by atoms with E-state index in [1.165, 1.54) is 36.4 Å². The maximum Gasteiger partial charge on any atom is 0.417 e. The summed E-state index contributed by atoms with van der Waals surface area (Å²) in [5.74, 6) is -3.67. The molecule has 0 heterocycles. The van der Waals surface area contributed by atoms with E-state index in [0.29, 0.717) is 6.07 Å². The van der Waals surface area contributed by atoms with Crippen molar-refractivity contribution in [2.24, 2.45) is 0 Å². The van der Waals surface area contributed by atoms with Gasteiger partial charge >= 0.3 is 6.18 Å². The zero-order valence-corrected chi connectivity index (χ0v) is 16.2. The fourth-order valence-corrected chi connectivity index (χ4v) is 3.03. The largest absolute Gasteiger partial charge is 0.417 e.